The van der Waals surface area contributed by atoms with Gasteiger partial charge in [0.05, 0.1) is 20.3 Å². The van der Waals surface area contributed by atoms with Crippen LogP contribution in [0.4, 0.5) is 10.5 Å². The second-order valence-corrected chi connectivity index (χ2v) is 7.63. The number of methoxy groups -OCH3 is 2. The van der Waals surface area contributed by atoms with E-state index >= 15 is 0 Å². The summed E-state index contributed by atoms with van der Waals surface area (Å²) in [6.07, 6.45) is 2.24. The molecule has 1 aromatic rings. The van der Waals surface area contributed by atoms with Gasteiger partial charge in [-0.25, -0.2) is 4.79 Å². The lowest BCUT2D eigenvalue weighted by molar-refractivity contribution is -0.117. The zero-order chi connectivity index (χ0) is 22.1. The Morgan fingerprint density at radius 1 is 1.23 bits per heavy atom. The van der Waals surface area contributed by atoms with Crippen molar-refractivity contribution in [2.24, 2.45) is 0 Å². The van der Waals surface area contributed by atoms with Gasteiger partial charge in [-0.3, -0.25) is 4.79 Å². The van der Waals surface area contributed by atoms with E-state index in [4.69, 9.17) is 9.47 Å². The minimum Gasteiger partial charge on any atom is -0.493 e. The molecule has 2 N–H and O–H groups in total. The van der Waals surface area contributed by atoms with Gasteiger partial charge in [0.25, 0.3) is 0 Å². The predicted molar refractivity (Wildman–Crippen MR) is 118 cm³/mol. The number of nitrogens with one attached hydrogen (secondary N) is 2. The number of amides is 3. The third kappa shape index (κ3) is 6.52. The van der Waals surface area contributed by atoms with Crippen LogP contribution in [0.15, 0.2) is 18.2 Å². The third-order valence-corrected chi connectivity index (χ3v) is 5.52. The zero-order valence-electron chi connectivity index (χ0n) is 18.9. The molecule has 1 aliphatic rings. The molecule has 1 fully saturated rings. The number of carbonyl (C=O) groups is 2. The van der Waals surface area contributed by atoms with E-state index in [0.717, 1.165) is 38.2 Å². The first-order chi connectivity index (χ1) is 14.4. The largest absolute Gasteiger partial charge is 0.493 e. The molecule has 0 spiro atoms. The molecule has 1 saturated heterocycles. The lowest BCUT2D eigenvalue weighted by atomic mass is 10.2. The normalized spacial score (nSPS) is 17.2. The molecule has 0 aliphatic carbocycles. The number of carbonyl (C=O) groups excluding carboxylic acids is 2. The van der Waals surface area contributed by atoms with Gasteiger partial charge in [0, 0.05) is 30.8 Å². The number of rotatable bonds is 11. The Kier molecular flexibility index (Phi) is 9.23. The van der Waals surface area contributed by atoms with Crippen molar-refractivity contribution in [3.8, 4) is 11.5 Å². The number of benzene rings is 1. The lowest BCUT2D eigenvalue weighted by Gasteiger charge is -2.21. The molecule has 0 saturated carbocycles. The van der Waals surface area contributed by atoms with Crippen LogP contribution in [-0.2, 0) is 4.79 Å². The minimum absolute atomic E-state index is 0.0280. The average molecular weight is 421 g/mol. The molecule has 2 rings (SSSR count). The van der Waals surface area contributed by atoms with Gasteiger partial charge >= 0.3 is 6.03 Å². The number of hydrogen-bond acceptors (Lipinski definition) is 5. The fourth-order valence-electron chi connectivity index (χ4n) is 3.73. The van der Waals surface area contributed by atoms with Crippen LogP contribution < -0.4 is 25.0 Å². The first kappa shape index (κ1) is 23.8. The molecule has 30 heavy (non-hydrogen) atoms. The van der Waals surface area contributed by atoms with Crippen molar-refractivity contribution in [2.75, 3.05) is 45.3 Å². The molecule has 3 amide bonds. The number of nitrogens with zero attached hydrogens (tertiary/aromatic N) is 2. The molecule has 0 unspecified atom stereocenters. The molecule has 1 aliphatic heterocycles. The van der Waals surface area contributed by atoms with Gasteiger partial charge in [-0.2, -0.15) is 0 Å². The Labute approximate surface area is 179 Å². The van der Waals surface area contributed by atoms with Crippen LogP contribution in [0.25, 0.3) is 0 Å². The van der Waals surface area contributed by atoms with E-state index in [-0.39, 0.29) is 30.4 Å². The van der Waals surface area contributed by atoms with Gasteiger partial charge in [-0.05, 0) is 51.5 Å². The van der Waals surface area contributed by atoms with Crippen molar-refractivity contribution in [2.45, 2.75) is 52.1 Å². The van der Waals surface area contributed by atoms with Crippen molar-refractivity contribution in [3.05, 3.63) is 18.2 Å². The fraction of sp³-hybridized carbons (Fsp3) is 0.636. The predicted octanol–water partition coefficient (Wildman–Crippen LogP) is 2.62. The topological polar surface area (TPSA) is 83.1 Å². The molecule has 8 heteroatoms. The van der Waals surface area contributed by atoms with Crippen molar-refractivity contribution in [3.63, 3.8) is 0 Å². The summed E-state index contributed by atoms with van der Waals surface area (Å²) in [4.78, 5) is 28.9. The molecule has 0 bridgehead atoms. The van der Waals surface area contributed by atoms with E-state index < -0.39 is 0 Å². The summed E-state index contributed by atoms with van der Waals surface area (Å²) in [7, 11) is 3.13. The van der Waals surface area contributed by atoms with Gasteiger partial charge in [0.2, 0.25) is 5.91 Å². The quantitative estimate of drug-likeness (QED) is 0.575. The standard InChI is InChI=1S/C22H36N4O4/c1-6-25(7-2)12-8-9-16(3)23-22(28)24-17-13-21(27)26(15-17)18-10-11-19(29-4)20(14-18)30-5/h10-11,14,16-17H,6-9,12-13,15H2,1-5H3,(H2,23,24,28)/t16-,17+/m1/s1. The van der Waals surface area contributed by atoms with Gasteiger partial charge in [0.1, 0.15) is 0 Å². The van der Waals surface area contributed by atoms with Crippen molar-refractivity contribution >= 4 is 17.6 Å². The molecule has 0 aromatic heterocycles. The molecule has 8 nitrogen and oxygen atoms in total. The highest BCUT2D eigenvalue weighted by atomic mass is 16.5. The van der Waals surface area contributed by atoms with Crippen molar-refractivity contribution < 1.29 is 19.1 Å². The third-order valence-electron chi connectivity index (χ3n) is 5.52. The number of urea groups is 1. The number of anilines is 1. The number of hydrogen-bond donors (Lipinski definition) is 2. The van der Waals surface area contributed by atoms with Crippen LogP contribution in [-0.4, -0.2) is 69.3 Å². The minimum atomic E-state index is -0.228. The molecular weight excluding hydrogens is 384 g/mol. The average Bonchev–Trinajstić information content (AvgIpc) is 3.10. The van der Waals surface area contributed by atoms with Crippen LogP contribution in [0.2, 0.25) is 0 Å². The van der Waals surface area contributed by atoms with E-state index in [9.17, 15) is 9.59 Å². The summed E-state index contributed by atoms with van der Waals surface area (Å²) >= 11 is 0. The Hall–Kier alpha value is -2.48. The number of ether oxygens (including phenoxy) is 2. The second kappa shape index (κ2) is 11.6. The van der Waals surface area contributed by atoms with Gasteiger partial charge in [-0.15, -0.1) is 0 Å². The summed E-state index contributed by atoms with van der Waals surface area (Å²) in [5.74, 6) is 1.15. The van der Waals surface area contributed by atoms with E-state index in [1.165, 1.54) is 0 Å². The van der Waals surface area contributed by atoms with E-state index in [2.05, 4.69) is 29.4 Å². The maximum Gasteiger partial charge on any atom is 0.315 e. The van der Waals surface area contributed by atoms with E-state index in [0.29, 0.717) is 18.0 Å². The molecule has 2 atom stereocenters. The first-order valence-corrected chi connectivity index (χ1v) is 10.7. The summed E-state index contributed by atoms with van der Waals surface area (Å²) in [5, 5.41) is 5.92. The van der Waals surface area contributed by atoms with Gasteiger partial charge in [-0.1, -0.05) is 13.8 Å². The molecular formula is C22H36N4O4. The van der Waals surface area contributed by atoms with Gasteiger partial charge in [0.15, 0.2) is 11.5 Å². The SMILES string of the molecule is CCN(CC)CCC[C@@H](C)NC(=O)N[C@H]1CC(=O)N(c2ccc(OC)c(OC)c2)C1. The molecule has 1 heterocycles. The lowest BCUT2D eigenvalue weighted by Crippen LogP contribution is -2.46. The van der Waals surface area contributed by atoms with Crippen LogP contribution in [0.1, 0.15) is 40.0 Å². The van der Waals surface area contributed by atoms with E-state index in [1.54, 1.807) is 31.3 Å². The second-order valence-electron chi connectivity index (χ2n) is 7.63. The zero-order valence-corrected chi connectivity index (χ0v) is 18.9. The molecule has 168 valence electrons. The summed E-state index contributed by atoms with van der Waals surface area (Å²) in [6, 6.07) is 5.00. The summed E-state index contributed by atoms with van der Waals surface area (Å²) in [6.45, 7) is 9.89. The highest BCUT2D eigenvalue weighted by Gasteiger charge is 2.32. The monoisotopic (exact) mass is 420 g/mol. The highest BCUT2D eigenvalue weighted by Crippen LogP contribution is 2.33. The van der Waals surface area contributed by atoms with Crippen molar-refractivity contribution in [1.82, 2.24) is 15.5 Å². The first-order valence-electron chi connectivity index (χ1n) is 10.7. The van der Waals surface area contributed by atoms with Crippen LogP contribution in [0.5, 0.6) is 11.5 Å². The molecule has 0 radical (unpaired) electrons. The van der Waals surface area contributed by atoms with Crippen molar-refractivity contribution in [1.29, 1.82) is 0 Å². The Bertz CT molecular complexity index is 708. The van der Waals surface area contributed by atoms with Gasteiger partial charge < -0.3 is 29.9 Å². The van der Waals surface area contributed by atoms with Crippen LogP contribution >= 0.6 is 0 Å². The summed E-state index contributed by atoms with van der Waals surface area (Å²) < 4.78 is 10.6. The van der Waals surface area contributed by atoms with Crippen LogP contribution in [0, 0.1) is 0 Å². The Balaban J connectivity index is 1.83. The fourth-order valence-corrected chi connectivity index (χ4v) is 3.73. The maximum absolute atomic E-state index is 12.5. The Morgan fingerprint density at radius 2 is 1.93 bits per heavy atom. The highest BCUT2D eigenvalue weighted by molar-refractivity contribution is 5.97. The Morgan fingerprint density at radius 3 is 2.57 bits per heavy atom. The summed E-state index contributed by atoms with van der Waals surface area (Å²) in [5.41, 5.74) is 0.729. The maximum atomic E-state index is 12.5. The molecule has 1 aromatic carbocycles. The van der Waals surface area contributed by atoms with Crippen LogP contribution in [0.3, 0.4) is 0 Å². The smallest absolute Gasteiger partial charge is 0.315 e. The van der Waals surface area contributed by atoms with E-state index in [1.807, 2.05) is 13.0 Å².